The molecular weight excluding hydrogens is 605 g/mol. The van der Waals surface area contributed by atoms with Gasteiger partial charge in [0.25, 0.3) is 0 Å². The molecule has 0 aromatic rings. The lowest BCUT2D eigenvalue weighted by Gasteiger charge is -2.32. The zero-order valence-electron chi connectivity index (χ0n) is 12.5. The summed E-state index contributed by atoms with van der Waals surface area (Å²) in [5.74, 6) is -1.87. The fraction of sp³-hybridized carbons (Fsp3) is 1.00. The Balaban J connectivity index is 6.47. The maximum Gasteiger partial charge on any atom is 0.356 e. The SMILES string of the molecule is O=S(=O)(Cl)OC(CCl)C(OS(=O)(=O)Cl)C(OS(=O)(=O)Cl)C(CCl)OS(=O)(=O)Cl. The van der Waals surface area contributed by atoms with Gasteiger partial charge in [-0.3, -0.25) is 8.37 Å². The molecule has 0 spiro atoms. The van der Waals surface area contributed by atoms with Crippen molar-refractivity contribution in [3.8, 4) is 0 Å². The summed E-state index contributed by atoms with van der Waals surface area (Å²) in [5, 5.41) is 0. The van der Waals surface area contributed by atoms with Crippen LogP contribution in [-0.4, -0.2) is 69.8 Å². The number of hydrogen-bond donors (Lipinski definition) is 0. The molecule has 0 aliphatic heterocycles. The standard InChI is InChI=1S/C6H8Cl6O12S4/c7-1-3(21-25(9,13)14)5(23-27(11,17)18)6(24-28(12,19)20)4(2-8)22-26(10,15)16/h3-6H,1-2H2. The molecule has 4 atom stereocenters. The Labute approximate surface area is 188 Å². The van der Waals surface area contributed by atoms with E-state index in [0.29, 0.717) is 0 Å². The van der Waals surface area contributed by atoms with E-state index >= 15 is 0 Å². The summed E-state index contributed by atoms with van der Waals surface area (Å²) in [4.78, 5) is 0. The second-order valence-corrected chi connectivity index (χ2v) is 13.3. The first kappa shape index (κ1) is 29.4. The van der Waals surface area contributed by atoms with Gasteiger partial charge in [0.05, 0.1) is 11.8 Å². The molecule has 0 saturated carbocycles. The van der Waals surface area contributed by atoms with E-state index < -0.39 is 73.5 Å². The monoisotopic (exact) mass is 610 g/mol. The van der Waals surface area contributed by atoms with Crippen LogP contribution in [0.25, 0.3) is 0 Å². The van der Waals surface area contributed by atoms with Gasteiger partial charge >= 0.3 is 37.3 Å². The molecule has 0 fully saturated rings. The zero-order valence-corrected chi connectivity index (χ0v) is 20.3. The highest BCUT2D eigenvalue weighted by Gasteiger charge is 2.45. The number of hydrogen-bond acceptors (Lipinski definition) is 12. The van der Waals surface area contributed by atoms with Gasteiger partial charge in [0.1, 0.15) is 24.4 Å². The lowest BCUT2D eigenvalue weighted by Crippen LogP contribution is -2.52. The van der Waals surface area contributed by atoms with Crippen molar-refractivity contribution < 1.29 is 50.4 Å². The lowest BCUT2D eigenvalue weighted by molar-refractivity contribution is -0.0433. The zero-order chi connectivity index (χ0) is 22.6. The molecule has 0 aliphatic rings. The summed E-state index contributed by atoms with van der Waals surface area (Å²) in [5.41, 5.74) is 0. The third-order valence-electron chi connectivity index (χ3n) is 2.29. The van der Waals surface area contributed by atoms with Crippen molar-refractivity contribution in [2.24, 2.45) is 0 Å². The molecule has 4 unspecified atom stereocenters. The molecule has 0 aromatic heterocycles. The largest absolute Gasteiger partial charge is 0.356 e. The molecule has 0 radical (unpaired) electrons. The molecule has 0 aliphatic carbocycles. The van der Waals surface area contributed by atoms with Crippen molar-refractivity contribution in [2.75, 3.05) is 11.8 Å². The minimum absolute atomic E-state index is 0.937. The molecule has 0 rings (SSSR count). The minimum atomic E-state index is -5.02. The quantitative estimate of drug-likeness (QED) is 0.213. The Morgan fingerprint density at radius 2 is 0.714 bits per heavy atom. The van der Waals surface area contributed by atoms with Crippen molar-refractivity contribution in [3.63, 3.8) is 0 Å². The van der Waals surface area contributed by atoms with Crippen molar-refractivity contribution in [2.45, 2.75) is 24.4 Å². The van der Waals surface area contributed by atoms with Crippen LogP contribution in [0.3, 0.4) is 0 Å². The number of alkyl halides is 2. The Morgan fingerprint density at radius 1 is 0.500 bits per heavy atom. The van der Waals surface area contributed by atoms with E-state index in [9.17, 15) is 33.7 Å². The van der Waals surface area contributed by atoms with Gasteiger partial charge in [-0.15, -0.1) is 23.2 Å². The van der Waals surface area contributed by atoms with Crippen LogP contribution >= 0.6 is 65.9 Å². The third kappa shape index (κ3) is 13.6. The Morgan fingerprint density at radius 3 is 0.857 bits per heavy atom. The maximum absolute atomic E-state index is 11.3. The first-order valence-electron chi connectivity index (χ1n) is 5.91. The molecule has 0 bridgehead atoms. The highest BCUT2D eigenvalue weighted by Crippen LogP contribution is 2.27. The molecule has 28 heavy (non-hydrogen) atoms. The second-order valence-electron chi connectivity index (χ2n) is 4.27. The molecule has 0 N–H and O–H groups in total. The fourth-order valence-electron chi connectivity index (χ4n) is 1.55. The highest BCUT2D eigenvalue weighted by atomic mass is 35.7. The van der Waals surface area contributed by atoms with Gasteiger partial charge in [0.2, 0.25) is 0 Å². The van der Waals surface area contributed by atoms with Gasteiger partial charge in [-0.05, 0) is 0 Å². The average molecular weight is 613 g/mol. The fourth-order valence-corrected chi connectivity index (χ4v) is 5.19. The molecule has 0 heterocycles. The van der Waals surface area contributed by atoms with Gasteiger partial charge in [0.15, 0.2) is 0 Å². The second kappa shape index (κ2) is 11.3. The molecule has 170 valence electrons. The summed E-state index contributed by atoms with van der Waals surface area (Å²) in [7, 11) is -0.215. The predicted octanol–water partition coefficient (Wildman–Crippen LogP) is 0.939. The van der Waals surface area contributed by atoms with Gasteiger partial charge < -0.3 is 0 Å². The summed E-state index contributed by atoms with van der Waals surface area (Å²) in [6.45, 7) is 0. The number of halogens is 6. The van der Waals surface area contributed by atoms with Crippen molar-refractivity contribution in [3.05, 3.63) is 0 Å². The molecule has 0 aromatic carbocycles. The summed E-state index contributed by atoms with van der Waals surface area (Å²) < 4.78 is 107. The highest BCUT2D eigenvalue weighted by molar-refractivity contribution is 8.10. The maximum atomic E-state index is 11.3. The average Bonchev–Trinajstić information content (AvgIpc) is 2.42. The summed E-state index contributed by atoms with van der Waals surface area (Å²) in [6, 6.07) is 0. The Kier molecular flexibility index (Phi) is 11.9. The Bertz CT molecular complexity index is 851. The molecule has 22 heteroatoms. The predicted molar refractivity (Wildman–Crippen MR) is 100 cm³/mol. The van der Waals surface area contributed by atoms with Crippen molar-refractivity contribution in [1.29, 1.82) is 0 Å². The van der Waals surface area contributed by atoms with E-state index in [-0.39, 0.29) is 0 Å². The lowest BCUT2D eigenvalue weighted by atomic mass is 10.1. The van der Waals surface area contributed by atoms with Crippen LogP contribution in [0, 0.1) is 0 Å². The van der Waals surface area contributed by atoms with E-state index in [1.165, 1.54) is 0 Å². The summed E-state index contributed by atoms with van der Waals surface area (Å²) in [6.07, 6.45) is -9.12. The van der Waals surface area contributed by atoms with E-state index in [0.717, 1.165) is 0 Å². The van der Waals surface area contributed by atoms with Crippen LogP contribution in [0.2, 0.25) is 0 Å². The normalized spacial score (nSPS) is 18.4. The molecule has 0 amide bonds. The van der Waals surface area contributed by atoms with Crippen LogP contribution in [0.4, 0.5) is 0 Å². The molecular formula is C6H8Cl6O12S4. The van der Waals surface area contributed by atoms with Gasteiger partial charge in [-0.25, -0.2) is 8.37 Å². The van der Waals surface area contributed by atoms with E-state index in [4.69, 9.17) is 65.9 Å². The topological polar surface area (TPSA) is 173 Å². The van der Waals surface area contributed by atoms with Crippen LogP contribution in [0.15, 0.2) is 0 Å². The minimum Gasteiger partial charge on any atom is -0.250 e. The van der Waals surface area contributed by atoms with Crippen LogP contribution in [0.5, 0.6) is 0 Å². The summed E-state index contributed by atoms with van der Waals surface area (Å²) >= 11 is 10.9. The molecule has 0 saturated heterocycles. The smallest absolute Gasteiger partial charge is 0.250 e. The van der Waals surface area contributed by atoms with Gasteiger partial charge in [-0.1, -0.05) is 0 Å². The first-order valence-corrected chi connectivity index (χ1v) is 15.9. The van der Waals surface area contributed by atoms with Gasteiger partial charge in [-0.2, -0.15) is 33.7 Å². The van der Waals surface area contributed by atoms with Crippen LogP contribution < -0.4 is 0 Å². The van der Waals surface area contributed by atoms with Crippen LogP contribution in [-0.2, 0) is 54.1 Å². The number of rotatable bonds is 13. The first-order chi connectivity index (χ1) is 12.3. The van der Waals surface area contributed by atoms with Crippen LogP contribution in [0.1, 0.15) is 0 Å². The van der Waals surface area contributed by atoms with Gasteiger partial charge in [0, 0.05) is 42.7 Å². The third-order valence-corrected chi connectivity index (χ3v) is 5.63. The van der Waals surface area contributed by atoms with E-state index in [1.54, 1.807) is 0 Å². The van der Waals surface area contributed by atoms with Crippen molar-refractivity contribution >= 4 is 103 Å². The van der Waals surface area contributed by atoms with Crippen molar-refractivity contribution in [1.82, 2.24) is 0 Å². The van der Waals surface area contributed by atoms with E-state index in [2.05, 4.69) is 16.7 Å². The van der Waals surface area contributed by atoms with E-state index in [1.807, 2.05) is 0 Å². The molecule has 12 nitrogen and oxygen atoms in total. The Hall–Kier alpha value is 1.38.